The van der Waals surface area contributed by atoms with E-state index in [4.69, 9.17) is 4.74 Å². The average Bonchev–Trinajstić information content (AvgIpc) is 2.72. The smallest absolute Gasteiger partial charge is 0.186 e. The van der Waals surface area contributed by atoms with Crippen molar-refractivity contribution in [1.29, 1.82) is 5.26 Å². The Bertz CT molecular complexity index is 1020. The number of hydrogen-bond donors (Lipinski definition) is 0. The van der Waals surface area contributed by atoms with Crippen LogP contribution in [0.5, 0.6) is 0 Å². The second-order valence-corrected chi connectivity index (χ2v) is 9.21. The lowest BCUT2D eigenvalue weighted by atomic mass is 10.1. The van der Waals surface area contributed by atoms with Crippen LogP contribution in [0.1, 0.15) is 38.2 Å². The Kier molecular flexibility index (Phi) is 6.60. The van der Waals surface area contributed by atoms with Gasteiger partial charge in [0, 0.05) is 37.0 Å². The summed E-state index contributed by atoms with van der Waals surface area (Å²) in [6.45, 7) is 4.14. The number of benzene rings is 1. The zero-order chi connectivity index (χ0) is 20.9. The molecule has 1 fully saturated rings. The van der Waals surface area contributed by atoms with Gasteiger partial charge in [0.15, 0.2) is 14.7 Å². The van der Waals surface area contributed by atoms with E-state index in [-0.39, 0.29) is 4.91 Å². The van der Waals surface area contributed by atoms with Gasteiger partial charge >= 0.3 is 0 Å². The molecule has 0 aromatic heterocycles. The number of ether oxygens (including phenoxy) is 1. The van der Waals surface area contributed by atoms with E-state index in [1.165, 1.54) is 24.9 Å². The highest BCUT2D eigenvalue weighted by Crippen LogP contribution is 2.27. The van der Waals surface area contributed by atoms with Crippen molar-refractivity contribution in [2.75, 3.05) is 24.2 Å². The van der Waals surface area contributed by atoms with E-state index in [2.05, 4.69) is 29.2 Å². The van der Waals surface area contributed by atoms with Crippen molar-refractivity contribution in [3.63, 3.8) is 0 Å². The van der Waals surface area contributed by atoms with Gasteiger partial charge in [0.05, 0.1) is 0 Å². The van der Waals surface area contributed by atoms with Crippen LogP contribution in [0.25, 0.3) is 6.08 Å². The van der Waals surface area contributed by atoms with Crippen LogP contribution in [0.2, 0.25) is 0 Å². The molecule has 1 aromatic carbocycles. The van der Waals surface area contributed by atoms with E-state index >= 15 is 0 Å². The number of nitrogens with zero attached hydrogens (tertiary/aromatic N) is 2. The van der Waals surface area contributed by atoms with Crippen molar-refractivity contribution in [3.05, 3.63) is 70.1 Å². The van der Waals surface area contributed by atoms with Crippen LogP contribution in [-0.2, 0) is 14.6 Å². The van der Waals surface area contributed by atoms with E-state index in [0.717, 1.165) is 24.9 Å². The Balaban J connectivity index is 1.82. The van der Waals surface area contributed by atoms with Gasteiger partial charge in [-0.1, -0.05) is 25.1 Å². The Hall–Kier alpha value is -2.78. The molecule has 3 rings (SSSR count). The van der Waals surface area contributed by atoms with Gasteiger partial charge in [-0.2, -0.15) is 5.26 Å². The lowest BCUT2D eigenvalue weighted by Gasteiger charge is -2.28. The Morgan fingerprint density at radius 1 is 1.14 bits per heavy atom. The third-order valence-electron chi connectivity index (χ3n) is 5.00. The highest BCUT2D eigenvalue weighted by Gasteiger charge is 2.19. The first-order valence-electron chi connectivity index (χ1n) is 9.88. The maximum Gasteiger partial charge on any atom is 0.186 e. The average molecular weight is 411 g/mol. The molecule has 0 bridgehead atoms. The van der Waals surface area contributed by atoms with Crippen molar-refractivity contribution in [2.45, 2.75) is 32.6 Å². The normalized spacial score (nSPS) is 19.3. The molecule has 152 valence electrons. The molecule has 29 heavy (non-hydrogen) atoms. The number of anilines is 1. The molecule has 0 aliphatic carbocycles. The van der Waals surface area contributed by atoms with Gasteiger partial charge in [0.1, 0.15) is 17.6 Å². The van der Waals surface area contributed by atoms with Crippen molar-refractivity contribution in [3.8, 4) is 6.07 Å². The van der Waals surface area contributed by atoms with Crippen molar-refractivity contribution >= 4 is 21.6 Å². The summed E-state index contributed by atoms with van der Waals surface area (Å²) in [7, 11) is -3.61. The summed E-state index contributed by atoms with van der Waals surface area (Å²) >= 11 is 0. The van der Waals surface area contributed by atoms with E-state index in [0.29, 0.717) is 23.5 Å². The highest BCUT2D eigenvalue weighted by molar-refractivity contribution is 7.94. The predicted molar refractivity (Wildman–Crippen MR) is 117 cm³/mol. The number of rotatable bonds is 5. The fourth-order valence-electron chi connectivity index (χ4n) is 3.45. The zero-order valence-corrected chi connectivity index (χ0v) is 17.7. The molecule has 0 unspecified atom stereocenters. The van der Waals surface area contributed by atoms with Crippen LogP contribution in [0.3, 0.4) is 0 Å². The van der Waals surface area contributed by atoms with E-state index in [1.54, 1.807) is 24.3 Å². The molecule has 5 nitrogen and oxygen atoms in total. The number of hydrogen-bond acceptors (Lipinski definition) is 5. The van der Waals surface area contributed by atoms with Gasteiger partial charge in [-0.15, -0.1) is 0 Å². The van der Waals surface area contributed by atoms with E-state index in [9.17, 15) is 13.7 Å². The molecule has 0 amide bonds. The Morgan fingerprint density at radius 3 is 2.41 bits per heavy atom. The lowest BCUT2D eigenvalue weighted by Crippen LogP contribution is -2.29. The monoisotopic (exact) mass is 410 g/mol. The van der Waals surface area contributed by atoms with Gasteiger partial charge in [-0.25, -0.2) is 8.42 Å². The molecule has 2 aliphatic heterocycles. The Morgan fingerprint density at radius 2 is 1.83 bits per heavy atom. The van der Waals surface area contributed by atoms with Crippen LogP contribution < -0.4 is 4.90 Å². The van der Waals surface area contributed by atoms with E-state index in [1.807, 2.05) is 13.0 Å². The van der Waals surface area contributed by atoms with Gasteiger partial charge in [0.2, 0.25) is 0 Å². The first kappa shape index (κ1) is 20.9. The van der Waals surface area contributed by atoms with Gasteiger partial charge in [-0.05, 0) is 55.2 Å². The highest BCUT2D eigenvalue weighted by atomic mass is 32.2. The first-order chi connectivity index (χ1) is 13.9. The minimum atomic E-state index is -3.61. The van der Waals surface area contributed by atoms with Crippen LogP contribution in [0, 0.1) is 11.3 Å². The molecule has 1 saturated heterocycles. The molecule has 0 spiro atoms. The fraction of sp³-hybridized carbons (Fsp3) is 0.348. The lowest BCUT2D eigenvalue weighted by molar-refractivity contribution is 0.304. The number of allylic oxidation sites excluding steroid dienone is 6. The van der Waals surface area contributed by atoms with Crippen molar-refractivity contribution < 1.29 is 13.2 Å². The first-order valence-corrected chi connectivity index (χ1v) is 11.8. The minimum absolute atomic E-state index is 0.247. The summed E-state index contributed by atoms with van der Waals surface area (Å²) < 4.78 is 29.6. The summed E-state index contributed by atoms with van der Waals surface area (Å²) in [5.74, 6) is 1.13. The quantitative estimate of drug-likeness (QED) is 0.657. The number of piperidine rings is 1. The molecule has 6 heteroatoms. The van der Waals surface area contributed by atoms with Crippen molar-refractivity contribution in [1.82, 2.24) is 0 Å². The van der Waals surface area contributed by atoms with Crippen LogP contribution in [0.4, 0.5) is 5.69 Å². The molecule has 0 N–H and O–H groups in total. The van der Waals surface area contributed by atoms with Gasteiger partial charge in [0.25, 0.3) is 0 Å². The number of nitriles is 1. The third kappa shape index (κ3) is 5.39. The maximum atomic E-state index is 11.9. The van der Waals surface area contributed by atoms with Crippen LogP contribution in [0.15, 0.2) is 64.5 Å². The Labute approximate surface area is 173 Å². The number of sulfone groups is 1. The van der Waals surface area contributed by atoms with Crippen molar-refractivity contribution in [2.24, 2.45) is 0 Å². The molecule has 0 atom stereocenters. The topological polar surface area (TPSA) is 70.4 Å². The summed E-state index contributed by atoms with van der Waals surface area (Å²) in [5.41, 5.74) is 2.62. The standard InChI is InChI=1S/C23H26N2O3S/c1-3-21-15-19(23(17-24)29(2,26)27)16-22(28-21)12-9-18-7-10-20(11-8-18)25-13-5-4-6-14-25/h7-12,15-16H,3-6,13-14H2,1-2H3. The largest absolute Gasteiger partial charge is 0.462 e. The summed E-state index contributed by atoms with van der Waals surface area (Å²) in [4.78, 5) is 2.16. The van der Waals surface area contributed by atoms with Crippen LogP contribution >= 0.6 is 0 Å². The molecule has 2 heterocycles. The van der Waals surface area contributed by atoms with Gasteiger partial charge < -0.3 is 9.64 Å². The molecular formula is C23H26N2O3S. The van der Waals surface area contributed by atoms with Crippen LogP contribution in [-0.4, -0.2) is 27.8 Å². The maximum absolute atomic E-state index is 11.9. The van der Waals surface area contributed by atoms with E-state index < -0.39 is 9.84 Å². The second-order valence-electron chi connectivity index (χ2n) is 7.25. The minimum Gasteiger partial charge on any atom is -0.462 e. The SMILES string of the molecule is CCC1=CC(=C(C#N)S(C)(=O)=O)C=C(C=Cc2ccc(N3CCCCC3)cc2)O1. The predicted octanol–water partition coefficient (Wildman–Crippen LogP) is 4.72. The fourth-order valence-corrected chi connectivity index (χ4v) is 4.17. The summed E-state index contributed by atoms with van der Waals surface area (Å²) in [6.07, 6.45) is 12.4. The molecule has 2 aliphatic rings. The second kappa shape index (κ2) is 9.15. The molecule has 0 saturated carbocycles. The molecule has 1 aromatic rings. The third-order valence-corrected chi connectivity index (χ3v) is 6.07. The summed E-state index contributed by atoms with van der Waals surface area (Å²) in [6, 6.07) is 10.2. The zero-order valence-electron chi connectivity index (χ0n) is 16.9. The molecule has 0 radical (unpaired) electrons. The van der Waals surface area contributed by atoms with Gasteiger partial charge in [-0.3, -0.25) is 0 Å². The summed E-state index contributed by atoms with van der Waals surface area (Å²) in [5, 5.41) is 9.29. The molecular weight excluding hydrogens is 384 g/mol.